The van der Waals surface area contributed by atoms with E-state index in [9.17, 15) is 9.59 Å². The number of methoxy groups -OCH3 is 2. The Bertz CT molecular complexity index is 804. The van der Waals surface area contributed by atoms with Crippen LogP contribution in [0.2, 0.25) is 0 Å². The van der Waals surface area contributed by atoms with Gasteiger partial charge < -0.3 is 25.3 Å². The highest BCUT2D eigenvalue weighted by atomic mass is 32.1. The molecule has 8 nitrogen and oxygen atoms in total. The van der Waals surface area contributed by atoms with Crippen molar-refractivity contribution in [3.63, 3.8) is 0 Å². The summed E-state index contributed by atoms with van der Waals surface area (Å²) in [5, 5.41) is 2.88. The fraction of sp³-hybridized carbons (Fsp3) is 0.619. The summed E-state index contributed by atoms with van der Waals surface area (Å²) in [6.07, 6.45) is 0.877. The van der Waals surface area contributed by atoms with Gasteiger partial charge in [0.25, 0.3) is 0 Å². The number of rotatable bonds is 4. The molecule has 2 heterocycles. The van der Waals surface area contributed by atoms with E-state index in [4.69, 9.17) is 19.9 Å². The van der Waals surface area contributed by atoms with Crippen LogP contribution in [0, 0.1) is 5.92 Å². The van der Waals surface area contributed by atoms with Crippen molar-refractivity contribution in [3.8, 4) is 11.5 Å². The maximum absolute atomic E-state index is 12.3. The number of hydrogen-bond acceptors (Lipinski definition) is 6. The van der Waals surface area contributed by atoms with Crippen LogP contribution in [0.5, 0.6) is 11.5 Å². The molecule has 32 heavy (non-hydrogen) atoms. The van der Waals surface area contributed by atoms with Crippen molar-refractivity contribution in [2.24, 2.45) is 11.7 Å². The molecular formula is C21H37N3O5S3. The van der Waals surface area contributed by atoms with Crippen LogP contribution in [0.15, 0.2) is 12.1 Å². The normalized spacial score (nSPS) is 21.8. The van der Waals surface area contributed by atoms with Gasteiger partial charge in [0.2, 0.25) is 5.91 Å². The fourth-order valence-corrected chi connectivity index (χ4v) is 4.27. The molecule has 0 aromatic heterocycles. The van der Waals surface area contributed by atoms with E-state index in [0.29, 0.717) is 24.5 Å². The van der Waals surface area contributed by atoms with Gasteiger partial charge in [0.05, 0.1) is 20.1 Å². The number of ether oxygens (including phenoxy) is 3. The molecule has 1 aromatic carbocycles. The maximum Gasteiger partial charge on any atom is 0.407 e. The molecule has 1 fully saturated rings. The summed E-state index contributed by atoms with van der Waals surface area (Å²) in [6.45, 7) is 6.72. The molecule has 1 aromatic rings. The first-order valence-corrected chi connectivity index (χ1v) is 9.90. The summed E-state index contributed by atoms with van der Waals surface area (Å²) in [7, 11) is 3.24. The zero-order chi connectivity index (χ0) is 21.3. The van der Waals surface area contributed by atoms with Crippen LogP contribution in [-0.2, 0) is 16.0 Å². The Labute approximate surface area is 211 Å². The molecule has 3 N–H and O–H groups in total. The Kier molecular flexibility index (Phi) is 11.6. The number of fused-ring (bicyclic) bond motifs is 3. The van der Waals surface area contributed by atoms with Crippen LogP contribution < -0.4 is 20.5 Å². The van der Waals surface area contributed by atoms with Gasteiger partial charge >= 0.3 is 6.09 Å². The van der Waals surface area contributed by atoms with Crippen molar-refractivity contribution in [1.29, 1.82) is 0 Å². The van der Waals surface area contributed by atoms with Gasteiger partial charge in [-0.25, -0.2) is 4.79 Å². The van der Waals surface area contributed by atoms with Crippen LogP contribution in [0.1, 0.15) is 44.4 Å². The first-order chi connectivity index (χ1) is 13.6. The average molecular weight is 508 g/mol. The molecule has 1 saturated heterocycles. The number of nitrogens with one attached hydrogen (secondary N) is 1. The minimum Gasteiger partial charge on any atom is -0.493 e. The smallest absolute Gasteiger partial charge is 0.407 e. The van der Waals surface area contributed by atoms with Gasteiger partial charge in [-0.05, 0) is 56.9 Å². The lowest BCUT2D eigenvalue weighted by Gasteiger charge is -2.46. The predicted molar refractivity (Wildman–Crippen MR) is 139 cm³/mol. The number of amides is 2. The minimum absolute atomic E-state index is 0. The van der Waals surface area contributed by atoms with E-state index in [1.54, 1.807) is 35.0 Å². The molecule has 2 aliphatic heterocycles. The summed E-state index contributed by atoms with van der Waals surface area (Å²) < 4.78 is 16.3. The standard InChI is InChI=1S/C21H31N3O5.3H2S/c1-21(2,3)29-20(26)23-15-10-16-13-9-18(28-5)17(27-4)8-12(13)6-7-24(16)11-14(15)19(22)25;;;/h8-9,14-16H,6-7,10-11H2,1-5H3,(H2,22,25)(H,23,26);3*1H2/t14-,15-,16-;;;/m0.../s1. The van der Waals surface area contributed by atoms with Crippen molar-refractivity contribution in [2.75, 3.05) is 27.3 Å². The number of piperidine rings is 1. The van der Waals surface area contributed by atoms with Gasteiger partial charge in [0, 0.05) is 25.2 Å². The molecule has 2 aliphatic rings. The predicted octanol–water partition coefficient (Wildman–Crippen LogP) is 2.34. The number of carbonyl (C=O) groups is 2. The third-order valence-corrected chi connectivity index (χ3v) is 5.58. The minimum atomic E-state index is -0.617. The molecule has 0 spiro atoms. The number of alkyl carbamates (subject to hydrolysis) is 1. The van der Waals surface area contributed by atoms with Crippen molar-refractivity contribution in [1.82, 2.24) is 10.2 Å². The van der Waals surface area contributed by atoms with Gasteiger partial charge in [-0.3, -0.25) is 9.69 Å². The third kappa shape index (κ3) is 6.79. The second-order valence-electron chi connectivity index (χ2n) is 8.66. The van der Waals surface area contributed by atoms with E-state index in [2.05, 4.69) is 10.2 Å². The monoisotopic (exact) mass is 507 g/mol. The molecule has 0 radical (unpaired) electrons. The molecular weight excluding hydrogens is 470 g/mol. The summed E-state index contributed by atoms with van der Waals surface area (Å²) >= 11 is 0. The second-order valence-corrected chi connectivity index (χ2v) is 8.66. The lowest BCUT2D eigenvalue weighted by molar-refractivity contribution is -0.125. The van der Waals surface area contributed by atoms with Crippen LogP contribution in [0.25, 0.3) is 0 Å². The van der Waals surface area contributed by atoms with E-state index in [0.717, 1.165) is 18.5 Å². The van der Waals surface area contributed by atoms with E-state index in [1.165, 1.54) is 5.56 Å². The van der Waals surface area contributed by atoms with Gasteiger partial charge in [0.1, 0.15) is 5.60 Å². The number of benzene rings is 1. The van der Waals surface area contributed by atoms with Gasteiger partial charge in [-0.2, -0.15) is 40.5 Å². The zero-order valence-corrected chi connectivity index (χ0v) is 22.3. The van der Waals surface area contributed by atoms with Gasteiger partial charge in [-0.15, -0.1) is 0 Å². The Morgan fingerprint density at radius 2 is 1.69 bits per heavy atom. The van der Waals surface area contributed by atoms with Crippen LogP contribution >= 0.6 is 40.5 Å². The third-order valence-electron chi connectivity index (χ3n) is 5.58. The summed E-state index contributed by atoms with van der Waals surface area (Å²) in [6, 6.07) is 3.67. The van der Waals surface area contributed by atoms with Crippen LogP contribution in [0.4, 0.5) is 4.79 Å². The second kappa shape index (κ2) is 12.2. The van der Waals surface area contributed by atoms with Crippen LogP contribution in [0.3, 0.4) is 0 Å². The van der Waals surface area contributed by atoms with E-state index in [1.807, 2.05) is 12.1 Å². The summed E-state index contributed by atoms with van der Waals surface area (Å²) in [5.41, 5.74) is 7.37. The summed E-state index contributed by atoms with van der Waals surface area (Å²) in [4.78, 5) is 26.7. The number of primary amides is 1. The Hall–Kier alpha value is -1.43. The maximum atomic E-state index is 12.3. The molecule has 0 bridgehead atoms. The van der Waals surface area contributed by atoms with Crippen molar-refractivity contribution in [3.05, 3.63) is 23.3 Å². The molecule has 3 rings (SSSR count). The molecule has 0 unspecified atom stereocenters. The van der Waals surface area contributed by atoms with Crippen molar-refractivity contribution < 1.29 is 23.8 Å². The Morgan fingerprint density at radius 3 is 2.22 bits per heavy atom. The number of hydrogen-bond donors (Lipinski definition) is 2. The molecule has 2 amide bonds. The summed E-state index contributed by atoms with van der Waals surface area (Å²) in [5.74, 6) is 0.485. The topological polar surface area (TPSA) is 103 Å². The first-order valence-electron chi connectivity index (χ1n) is 9.90. The quantitative estimate of drug-likeness (QED) is 0.649. The highest BCUT2D eigenvalue weighted by Gasteiger charge is 2.42. The SMILES string of the molecule is COc1cc2c(cc1OC)[C@@H]1C[C@H](NC(=O)OC(C)(C)C)[C@@H](C(N)=O)CN1CC2.S.S.S. The van der Waals surface area contributed by atoms with E-state index in [-0.39, 0.29) is 46.5 Å². The number of nitrogens with zero attached hydrogens (tertiary/aromatic N) is 1. The first kappa shape index (κ1) is 30.6. The molecule has 0 aliphatic carbocycles. The average Bonchev–Trinajstić information content (AvgIpc) is 2.64. The Balaban J connectivity index is 0.00000320. The van der Waals surface area contributed by atoms with E-state index < -0.39 is 29.6 Å². The molecule has 184 valence electrons. The number of nitrogens with two attached hydrogens (primary N) is 1. The molecule has 0 saturated carbocycles. The van der Waals surface area contributed by atoms with Gasteiger partial charge in [-0.1, -0.05) is 0 Å². The largest absolute Gasteiger partial charge is 0.493 e. The van der Waals surface area contributed by atoms with E-state index >= 15 is 0 Å². The highest BCUT2D eigenvalue weighted by Crippen LogP contribution is 2.42. The van der Waals surface area contributed by atoms with Crippen molar-refractivity contribution >= 4 is 52.5 Å². The molecule has 11 heteroatoms. The zero-order valence-electron chi connectivity index (χ0n) is 19.3. The number of carbonyl (C=O) groups excluding carboxylic acids is 2. The lowest BCUT2D eigenvalue weighted by atomic mass is 9.80. The highest BCUT2D eigenvalue weighted by molar-refractivity contribution is 7.59. The van der Waals surface area contributed by atoms with Crippen LogP contribution in [-0.4, -0.2) is 55.9 Å². The van der Waals surface area contributed by atoms with Crippen molar-refractivity contribution in [2.45, 2.75) is 51.3 Å². The lowest BCUT2D eigenvalue weighted by Crippen LogP contribution is -2.57. The fourth-order valence-electron chi connectivity index (χ4n) is 4.27. The van der Waals surface area contributed by atoms with Gasteiger partial charge in [0.15, 0.2) is 11.5 Å². The molecule has 3 atom stereocenters. The Morgan fingerprint density at radius 1 is 1.09 bits per heavy atom.